The minimum atomic E-state index is -2.97. The van der Waals surface area contributed by atoms with Gasteiger partial charge < -0.3 is 39.5 Å². The van der Waals surface area contributed by atoms with E-state index in [0.717, 1.165) is 0 Å². The maximum Gasteiger partial charge on any atom is 1.00 e. The molecule has 0 aliphatic carbocycles. The first kappa shape index (κ1) is 34.5. The van der Waals surface area contributed by atoms with E-state index >= 15 is 0 Å². The predicted molar refractivity (Wildman–Crippen MR) is 51.9 cm³/mol. The topological polar surface area (TPSA) is 167 Å². The molecule has 0 aromatic rings. The van der Waals surface area contributed by atoms with Gasteiger partial charge in [-0.15, -0.1) is 11.6 Å². The van der Waals surface area contributed by atoms with Crippen molar-refractivity contribution in [1.82, 2.24) is 0 Å². The number of alkyl halides is 1. The van der Waals surface area contributed by atoms with E-state index in [1.807, 2.05) is 0 Å². The summed E-state index contributed by atoms with van der Waals surface area (Å²) in [4.78, 5) is 39.8. The van der Waals surface area contributed by atoms with Crippen LogP contribution in [0.15, 0.2) is 0 Å². The predicted octanol–water partition coefficient (Wildman–Crippen LogP) is -13.8. The number of halogens is 1. The molecule has 0 spiro atoms. The largest absolute Gasteiger partial charge is 1.00 e. The fraction of sp³-hybridized carbons (Fsp3) is 0.556. The Labute approximate surface area is 197 Å². The van der Waals surface area contributed by atoms with Crippen molar-refractivity contribution < 1.29 is 133 Å². The van der Waals surface area contributed by atoms with Crippen LogP contribution in [0.5, 0.6) is 0 Å². The zero-order valence-electron chi connectivity index (χ0n) is 12.7. The summed E-state index contributed by atoms with van der Waals surface area (Å²) < 4.78 is 4.13. The molecular weight excluding hydrogens is 357 g/mol. The van der Waals surface area contributed by atoms with Gasteiger partial charge in [0.15, 0.2) is 0 Å². The molecule has 1 N–H and O–H groups in total. The van der Waals surface area contributed by atoms with Crippen molar-refractivity contribution in [1.29, 1.82) is 0 Å². The Morgan fingerprint density at radius 3 is 1.41 bits per heavy atom. The number of rotatable bonds is 6. The minimum absolute atomic E-state index is 0. The Balaban J connectivity index is -0.0000000933. The van der Waals surface area contributed by atoms with Crippen LogP contribution < -0.4 is 104 Å². The number of ether oxygens (including phenoxy) is 1. The zero-order valence-corrected chi connectivity index (χ0v) is 19.5. The standard InChI is InChI=1S/C6H8O7.C3H5ClO2.3Na/c7-3(8)1-6(13,5(11)12)2-4(9)10;1-6-3(5)2-4;;;/h13H,1-2H2,(H,7,8)(H,9,10)(H,11,12);2H2,1H3;;;/q;;3*+1/p-3. The van der Waals surface area contributed by atoms with Crippen molar-refractivity contribution in [3.05, 3.63) is 0 Å². The van der Waals surface area contributed by atoms with Gasteiger partial charge in [-0.2, -0.15) is 0 Å². The molecule has 0 heterocycles. The molecule has 0 aromatic heterocycles. The van der Waals surface area contributed by atoms with Crippen molar-refractivity contribution in [3.8, 4) is 0 Å². The average Bonchev–Trinajstić information content (AvgIpc) is 2.26. The third kappa shape index (κ3) is 19.2. The van der Waals surface area contributed by atoms with E-state index in [1.165, 1.54) is 7.11 Å². The normalized spacial score (nSPS) is 8.50. The van der Waals surface area contributed by atoms with Gasteiger partial charge in [-0.05, 0) is 0 Å². The number of esters is 1. The second-order valence-corrected chi connectivity index (χ2v) is 3.39. The Morgan fingerprint density at radius 2 is 1.32 bits per heavy atom. The Bertz CT molecular complexity index is 342. The number of carbonyl (C=O) groups excluding carboxylic acids is 4. The molecule has 0 atom stereocenters. The van der Waals surface area contributed by atoms with Crippen LogP contribution in [0.25, 0.3) is 0 Å². The zero-order chi connectivity index (χ0) is 15.6. The summed E-state index contributed by atoms with van der Waals surface area (Å²) in [5, 5.41) is 38.9. The number of aliphatic hydroxyl groups is 1. The van der Waals surface area contributed by atoms with E-state index in [4.69, 9.17) is 16.7 Å². The van der Waals surface area contributed by atoms with Crippen LogP contribution in [-0.4, -0.2) is 47.6 Å². The smallest absolute Gasteiger partial charge is 0.550 e. The second-order valence-electron chi connectivity index (χ2n) is 3.13. The molecule has 110 valence electrons. The molecule has 0 aromatic carbocycles. The number of hydrogen-bond acceptors (Lipinski definition) is 9. The number of hydrogen-bond donors (Lipinski definition) is 1. The molecule has 0 bridgehead atoms. The molecule has 0 saturated heterocycles. The maximum atomic E-state index is 10.1. The van der Waals surface area contributed by atoms with E-state index in [2.05, 4.69) is 4.74 Å². The van der Waals surface area contributed by atoms with Crippen LogP contribution in [0.1, 0.15) is 12.8 Å². The molecule has 22 heavy (non-hydrogen) atoms. The van der Waals surface area contributed by atoms with Crippen molar-refractivity contribution in [2.75, 3.05) is 13.0 Å². The van der Waals surface area contributed by atoms with E-state index in [-0.39, 0.29) is 94.6 Å². The fourth-order valence-corrected chi connectivity index (χ4v) is 0.848. The minimum Gasteiger partial charge on any atom is -0.550 e. The van der Waals surface area contributed by atoms with Gasteiger partial charge in [-0.1, -0.05) is 0 Å². The van der Waals surface area contributed by atoms with Gasteiger partial charge in [0.1, 0.15) is 11.5 Å². The molecule has 0 amide bonds. The Hall–Kier alpha value is 1.13. The molecular formula is C9H10ClNa3O9. The molecule has 13 heteroatoms. The van der Waals surface area contributed by atoms with E-state index in [9.17, 15) is 34.5 Å². The summed E-state index contributed by atoms with van der Waals surface area (Å²) >= 11 is 4.98. The summed E-state index contributed by atoms with van der Waals surface area (Å²) in [6.07, 6.45) is -2.72. The molecule has 0 unspecified atom stereocenters. The van der Waals surface area contributed by atoms with E-state index in [0.29, 0.717) is 0 Å². The van der Waals surface area contributed by atoms with Crippen molar-refractivity contribution in [3.63, 3.8) is 0 Å². The Kier molecular flexibility index (Phi) is 28.9. The molecule has 0 aliphatic rings. The number of aliphatic carboxylic acids is 3. The van der Waals surface area contributed by atoms with Gasteiger partial charge in [-0.25, -0.2) is 0 Å². The van der Waals surface area contributed by atoms with Gasteiger partial charge in [-0.3, -0.25) is 4.79 Å². The molecule has 0 fully saturated rings. The van der Waals surface area contributed by atoms with Crippen molar-refractivity contribution >= 4 is 35.5 Å². The third-order valence-electron chi connectivity index (χ3n) is 1.59. The van der Waals surface area contributed by atoms with Crippen LogP contribution in [0.2, 0.25) is 0 Å². The Morgan fingerprint density at radius 1 is 1.00 bits per heavy atom. The third-order valence-corrected chi connectivity index (χ3v) is 1.81. The molecule has 0 saturated carbocycles. The van der Waals surface area contributed by atoms with Crippen LogP contribution in [0.4, 0.5) is 0 Å². The maximum absolute atomic E-state index is 10.1. The summed E-state index contributed by atoms with van der Waals surface area (Å²) in [7, 11) is 1.30. The summed E-state index contributed by atoms with van der Waals surface area (Å²) in [5.74, 6) is -6.44. The quantitative estimate of drug-likeness (QED) is 0.272. The number of carboxylic acid groups (broad SMARTS) is 3. The van der Waals surface area contributed by atoms with Gasteiger partial charge in [0.2, 0.25) is 0 Å². The molecule has 9 nitrogen and oxygen atoms in total. The number of methoxy groups -OCH3 is 1. The first-order valence-electron chi connectivity index (χ1n) is 4.55. The monoisotopic (exact) mass is 366 g/mol. The number of carboxylic acids is 3. The van der Waals surface area contributed by atoms with Gasteiger partial charge in [0.05, 0.1) is 13.1 Å². The summed E-state index contributed by atoms with van der Waals surface area (Å²) in [6, 6.07) is 0. The summed E-state index contributed by atoms with van der Waals surface area (Å²) in [5.41, 5.74) is -2.97. The first-order valence-corrected chi connectivity index (χ1v) is 5.08. The summed E-state index contributed by atoms with van der Waals surface area (Å²) in [6.45, 7) is 0. The van der Waals surface area contributed by atoms with Gasteiger partial charge in [0.25, 0.3) is 0 Å². The van der Waals surface area contributed by atoms with Crippen LogP contribution in [0.3, 0.4) is 0 Å². The first-order chi connectivity index (χ1) is 8.58. The molecule has 0 aliphatic heterocycles. The van der Waals surface area contributed by atoms with Crippen molar-refractivity contribution in [2.45, 2.75) is 18.4 Å². The van der Waals surface area contributed by atoms with E-state index < -0.39 is 42.3 Å². The number of carbonyl (C=O) groups is 4. The van der Waals surface area contributed by atoms with Crippen LogP contribution in [0, 0.1) is 0 Å². The van der Waals surface area contributed by atoms with Crippen LogP contribution in [-0.2, 0) is 23.9 Å². The van der Waals surface area contributed by atoms with E-state index in [1.54, 1.807) is 0 Å². The average molecular weight is 367 g/mol. The SMILES string of the molecule is COC(=O)CCl.O=C([O-])CC(O)(CC(=O)[O-])C(=O)[O-].[Na+].[Na+].[Na+]. The van der Waals surface area contributed by atoms with Crippen molar-refractivity contribution in [2.24, 2.45) is 0 Å². The second kappa shape index (κ2) is 18.5. The van der Waals surface area contributed by atoms with Gasteiger partial charge >= 0.3 is 94.6 Å². The molecule has 0 rings (SSSR count). The fourth-order valence-electron chi connectivity index (χ4n) is 0.739. The van der Waals surface area contributed by atoms with Gasteiger partial charge in [0, 0.05) is 24.8 Å². The van der Waals surface area contributed by atoms with Crippen LogP contribution >= 0.6 is 11.6 Å². The molecule has 0 radical (unpaired) electrons.